The highest BCUT2D eigenvalue weighted by atomic mass is 35.5. The van der Waals surface area contributed by atoms with Crippen LogP contribution in [-0.2, 0) is 11.3 Å². The summed E-state index contributed by atoms with van der Waals surface area (Å²) in [6.45, 7) is 1.72. The van der Waals surface area contributed by atoms with Crippen molar-refractivity contribution in [2.24, 2.45) is 0 Å². The lowest BCUT2D eigenvalue weighted by atomic mass is 10.2. The highest BCUT2D eigenvalue weighted by molar-refractivity contribution is 6.30. The van der Waals surface area contributed by atoms with Crippen molar-refractivity contribution in [1.82, 2.24) is 14.5 Å². The van der Waals surface area contributed by atoms with E-state index in [2.05, 4.69) is 15.3 Å². The van der Waals surface area contributed by atoms with E-state index in [1.54, 1.807) is 36.5 Å². The fourth-order valence-corrected chi connectivity index (χ4v) is 2.45. The Balaban J connectivity index is 1.83. The molecule has 0 atom stereocenters. The number of hydrogen-bond donors (Lipinski definition) is 1. The molecule has 1 N–H and O–H groups in total. The number of nitrogens with zero attached hydrogens (tertiary/aromatic N) is 3. The van der Waals surface area contributed by atoms with E-state index < -0.39 is 0 Å². The molecule has 0 aliphatic heterocycles. The number of pyridine rings is 1. The van der Waals surface area contributed by atoms with Gasteiger partial charge in [0.25, 0.3) is 5.56 Å². The summed E-state index contributed by atoms with van der Waals surface area (Å²) in [4.78, 5) is 32.6. The number of benzene rings is 1. The van der Waals surface area contributed by atoms with Crippen LogP contribution in [0.1, 0.15) is 5.56 Å². The molecule has 23 heavy (non-hydrogen) atoms. The van der Waals surface area contributed by atoms with Crippen LogP contribution >= 0.6 is 11.6 Å². The maximum absolute atomic E-state index is 12.3. The van der Waals surface area contributed by atoms with Gasteiger partial charge in [-0.15, -0.1) is 0 Å². The fraction of sp³-hybridized carbons (Fsp3) is 0.125. The van der Waals surface area contributed by atoms with Gasteiger partial charge < -0.3 is 5.32 Å². The molecule has 0 bridgehead atoms. The largest absolute Gasteiger partial charge is 0.324 e. The first-order valence-electron chi connectivity index (χ1n) is 6.91. The summed E-state index contributed by atoms with van der Waals surface area (Å²) >= 11 is 5.89. The van der Waals surface area contributed by atoms with E-state index in [4.69, 9.17) is 11.6 Å². The van der Waals surface area contributed by atoms with Gasteiger partial charge in [-0.25, -0.2) is 9.97 Å². The van der Waals surface area contributed by atoms with Gasteiger partial charge in [0.05, 0.1) is 5.39 Å². The Morgan fingerprint density at radius 3 is 2.91 bits per heavy atom. The summed E-state index contributed by atoms with van der Waals surface area (Å²) in [5.41, 5.74) is 1.57. The van der Waals surface area contributed by atoms with Crippen LogP contribution in [0.15, 0.2) is 47.7 Å². The molecule has 0 radical (unpaired) electrons. The van der Waals surface area contributed by atoms with Crippen LogP contribution in [-0.4, -0.2) is 20.4 Å². The monoisotopic (exact) mass is 328 g/mol. The van der Waals surface area contributed by atoms with Gasteiger partial charge in [-0.05, 0) is 42.8 Å². The maximum atomic E-state index is 12.3. The normalized spacial score (nSPS) is 10.7. The van der Waals surface area contributed by atoms with E-state index in [1.807, 2.05) is 6.92 Å². The van der Waals surface area contributed by atoms with E-state index in [0.717, 1.165) is 5.56 Å². The van der Waals surface area contributed by atoms with Gasteiger partial charge in [0, 0.05) is 16.9 Å². The van der Waals surface area contributed by atoms with E-state index in [9.17, 15) is 9.59 Å². The van der Waals surface area contributed by atoms with Crippen LogP contribution in [0.4, 0.5) is 5.69 Å². The summed E-state index contributed by atoms with van der Waals surface area (Å²) in [7, 11) is 0. The van der Waals surface area contributed by atoms with Crippen molar-refractivity contribution in [1.29, 1.82) is 0 Å². The molecule has 0 unspecified atom stereocenters. The minimum atomic E-state index is -0.317. The summed E-state index contributed by atoms with van der Waals surface area (Å²) in [5, 5.41) is 3.74. The standard InChI is InChI=1S/C16H13ClN4O2/c1-10-7-11(17)4-5-13(10)20-14(22)8-21-9-19-15-12(16(21)23)3-2-6-18-15/h2-7,9H,8H2,1H3,(H,20,22). The second kappa shape index (κ2) is 6.18. The number of aryl methyl sites for hydroxylation is 1. The van der Waals surface area contributed by atoms with Gasteiger partial charge in [0.1, 0.15) is 12.9 Å². The number of hydrogen-bond acceptors (Lipinski definition) is 4. The SMILES string of the molecule is Cc1cc(Cl)ccc1NC(=O)Cn1cnc2ncccc2c1=O. The summed E-state index contributed by atoms with van der Waals surface area (Å²) in [5.74, 6) is -0.317. The highest BCUT2D eigenvalue weighted by Gasteiger charge is 2.10. The minimum Gasteiger partial charge on any atom is -0.324 e. The topological polar surface area (TPSA) is 76.9 Å². The third-order valence-electron chi connectivity index (χ3n) is 3.37. The molecule has 6 nitrogen and oxygen atoms in total. The second-order valence-corrected chi connectivity index (χ2v) is 5.50. The number of amides is 1. The number of anilines is 1. The number of fused-ring (bicyclic) bond motifs is 1. The predicted octanol–water partition coefficient (Wildman–Crippen LogP) is 2.39. The molecular formula is C16H13ClN4O2. The third kappa shape index (κ3) is 3.22. The number of nitrogens with one attached hydrogen (secondary N) is 1. The molecule has 3 rings (SSSR count). The smallest absolute Gasteiger partial charge is 0.263 e. The molecule has 7 heteroatoms. The molecule has 2 heterocycles. The zero-order chi connectivity index (χ0) is 16.4. The molecule has 1 aromatic carbocycles. The zero-order valence-corrected chi connectivity index (χ0v) is 13.0. The third-order valence-corrected chi connectivity index (χ3v) is 3.61. The lowest BCUT2D eigenvalue weighted by molar-refractivity contribution is -0.116. The van der Waals surface area contributed by atoms with Crippen LogP contribution in [0, 0.1) is 6.92 Å². The van der Waals surface area contributed by atoms with E-state index in [-0.39, 0.29) is 18.0 Å². The van der Waals surface area contributed by atoms with Gasteiger partial charge >= 0.3 is 0 Å². The van der Waals surface area contributed by atoms with E-state index >= 15 is 0 Å². The summed E-state index contributed by atoms with van der Waals surface area (Å²) < 4.78 is 1.25. The van der Waals surface area contributed by atoms with Gasteiger partial charge in [0.2, 0.25) is 5.91 Å². The molecular weight excluding hydrogens is 316 g/mol. The quantitative estimate of drug-likeness (QED) is 0.801. The number of halogens is 1. The number of carbonyl (C=O) groups excluding carboxylic acids is 1. The lowest BCUT2D eigenvalue weighted by Crippen LogP contribution is -2.28. The van der Waals surface area contributed by atoms with Crippen LogP contribution in [0.5, 0.6) is 0 Å². The molecule has 0 fully saturated rings. The molecule has 0 aliphatic rings. The second-order valence-electron chi connectivity index (χ2n) is 5.06. The van der Waals surface area contributed by atoms with Gasteiger partial charge in [-0.3, -0.25) is 14.2 Å². The number of aromatic nitrogens is 3. The van der Waals surface area contributed by atoms with Crippen molar-refractivity contribution < 1.29 is 4.79 Å². The molecule has 0 aliphatic carbocycles. The van der Waals surface area contributed by atoms with Crippen molar-refractivity contribution in [2.75, 3.05) is 5.32 Å². The van der Waals surface area contributed by atoms with E-state index in [1.165, 1.54) is 10.9 Å². The first-order chi connectivity index (χ1) is 11.0. The minimum absolute atomic E-state index is 0.126. The van der Waals surface area contributed by atoms with Crippen LogP contribution < -0.4 is 10.9 Å². The average molecular weight is 329 g/mol. The first-order valence-corrected chi connectivity index (χ1v) is 7.28. The molecule has 0 saturated carbocycles. The Hall–Kier alpha value is -2.73. The Morgan fingerprint density at radius 2 is 2.13 bits per heavy atom. The van der Waals surface area contributed by atoms with Crippen molar-refractivity contribution in [3.63, 3.8) is 0 Å². The lowest BCUT2D eigenvalue weighted by Gasteiger charge is -2.10. The zero-order valence-electron chi connectivity index (χ0n) is 12.3. The molecule has 116 valence electrons. The van der Waals surface area contributed by atoms with Crippen molar-refractivity contribution >= 4 is 34.2 Å². The van der Waals surface area contributed by atoms with Crippen LogP contribution in [0.25, 0.3) is 11.0 Å². The van der Waals surface area contributed by atoms with Crippen molar-refractivity contribution in [2.45, 2.75) is 13.5 Å². The molecule has 0 saturated heterocycles. The van der Waals surface area contributed by atoms with E-state index in [0.29, 0.717) is 21.7 Å². The average Bonchev–Trinajstić information content (AvgIpc) is 2.53. The van der Waals surface area contributed by atoms with Crippen LogP contribution in [0.2, 0.25) is 5.02 Å². The van der Waals surface area contributed by atoms with Crippen LogP contribution in [0.3, 0.4) is 0 Å². The van der Waals surface area contributed by atoms with Gasteiger partial charge in [0.15, 0.2) is 5.65 Å². The maximum Gasteiger partial charge on any atom is 0.263 e. The highest BCUT2D eigenvalue weighted by Crippen LogP contribution is 2.19. The Bertz CT molecular complexity index is 952. The summed E-state index contributed by atoms with van der Waals surface area (Å²) in [6, 6.07) is 8.47. The molecule has 1 amide bonds. The van der Waals surface area contributed by atoms with Crippen molar-refractivity contribution in [3.05, 3.63) is 63.8 Å². The number of rotatable bonds is 3. The van der Waals surface area contributed by atoms with Gasteiger partial charge in [-0.1, -0.05) is 11.6 Å². The molecule has 3 aromatic rings. The molecule has 2 aromatic heterocycles. The van der Waals surface area contributed by atoms with Crippen molar-refractivity contribution in [3.8, 4) is 0 Å². The fourth-order valence-electron chi connectivity index (χ4n) is 2.22. The Morgan fingerprint density at radius 1 is 1.30 bits per heavy atom. The molecule has 0 spiro atoms. The summed E-state index contributed by atoms with van der Waals surface area (Å²) in [6.07, 6.45) is 2.89. The Labute approximate surface area is 136 Å². The number of carbonyl (C=O) groups is 1. The first kappa shape index (κ1) is 15.2. The Kier molecular flexibility index (Phi) is 4.08. The van der Waals surface area contributed by atoms with Gasteiger partial charge in [-0.2, -0.15) is 0 Å². The predicted molar refractivity (Wildman–Crippen MR) is 88.6 cm³/mol.